The maximum Gasteiger partial charge on any atom is 0.275 e. The van der Waals surface area contributed by atoms with E-state index in [4.69, 9.17) is 0 Å². The standard InChI is InChI=1S/C15H13N5O/c1-11-6-9-20(19-11)13-4-2-12(3-5-13)18-15(21)14-10-16-7-8-17-14/h2-10H,1H3,(H,18,21). The fourth-order valence-corrected chi connectivity index (χ4v) is 1.87. The summed E-state index contributed by atoms with van der Waals surface area (Å²) in [5.74, 6) is -0.286. The molecule has 6 nitrogen and oxygen atoms in total. The summed E-state index contributed by atoms with van der Waals surface area (Å²) in [6.07, 6.45) is 6.33. The summed E-state index contributed by atoms with van der Waals surface area (Å²) in [7, 11) is 0. The summed E-state index contributed by atoms with van der Waals surface area (Å²) in [5, 5.41) is 7.10. The Bertz CT molecular complexity index is 749. The van der Waals surface area contributed by atoms with E-state index in [9.17, 15) is 4.79 Å². The van der Waals surface area contributed by atoms with Crippen LogP contribution in [0.1, 0.15) is 16.2 Å². The van der Waals surface area contributed by atoms with Gasteiger partial charge in [-0.25, -0.2) is 9.67 Å². The first-order valence-electron chi connectivity index (χ1n) is 6.42. The molecule has 6 heteroatoms. The summed E-state index contributed by atoms with van der Waals surface area (Å²) >= 11 is 0. The number of amides is 1. The topological polar surface area (TPSA) is 72.7 Å². The Morgan fingerprint density at radius 3 is 2.57 bits per heavy atom. The molecule has 0 saturated carbocycles. The van der Waals surface area contributed by atoms with Crippen molar-refractivity contribution >= 4 is 11.6 Å². The molecule has 2 heterocycles. The SMILES string of the molecule is Cc1ccn(-c2ccc(NC(=O)c3cnccn3)cc2)n1. The van der Waals surface area contributed by atoms with Crippen molar-refractivity contribution in [3.63, 3.8) is 0 Å². The highest BCUT2D eigenvalue weighted by atomic mass is 16.1. The largest absolute Gasteiger partial charge is 0.321 e. The van der Waals surface area contributed by atoms with E-state index >= 15 is 0 Å². The monoisotopic (exact) mass is 279 g/mol. The Morgan fingerprint density at radius 2 is 1.95 bits per heavy atom. The molecule has 0 unspecified atom stereocenters. The molecule has 104 valence electrons. The molecule has 0 fully saturated rings. The van der Waals surface area contributed by atoms with Gasteiger partial charge in [-0.2, -0.15) is 5.10 Å². The molecular formula is C15H13N5O. The highest BCUT2D eigenvalue weighted by molar-refractivity contribution is 6.02. The lowest BCUT2D eigenvalue weighted by Gasteiger charge is -2.06. The van der Waals surface area contributed by atoms with Gasteiger partial charge in [-0.1, -0.05) is 0 Å². The summed E-state index contributed by atoms with van der Waals surface area (Å²) in [6, 6.07) is 9.35. The molecule has 0 aliphatic heterocycles. The van der Waals surface area contributed by atoms with E-state index in [1.54, 1.807) is 4.68 Å². The van der Waals surface area contributed by atoms with Crippen LogP contribution < -0.4 is 5.32 Å². The van der Waals surface area contributed by atoms with Crippen molar-refractivity contribution < 1.29 is 4.79 Å². The van der Waals surface area contributed by atoms with Crippen LogP contribution in [0, 0.1) is 6.92 Å². The van der Waals surface area contributed by atoms with Crippen molar-refractivity contribution in [1.82, 2.24) is 19.7 Å². The number of hydrogen-bond acceptors (Lipinski definition) is 4. The van der Waals surface area contributed by atoms with Gasteiger partial charge in [0.25, 0.3) is 5.91 Å². The molecule has 1 N–H and O–H groups in total. The van der Waals surface area contributed by atoms with Gasteiger partial charge in [0.15, 0.2) is 0 Å². The minimum Gasteiger partial charge on any atom is -0.321 e. The molecule has 21 heavy (non-hydrogen) atoms. The minimum absolute atomic E-state index is 0.282. The van der Waals surface area contributed by atoms with Gasteiger partial charge in [-0.3, -0.25) is 9.78 Å². The van der Waals surface area contributed by atoms with Crippen molar-refractivity contribution in [3.8, 4) is 5.69 Å². The average Bonchev–Trinajstić information content (AvgIpc) is 2.95. The number of nitrogens with one attached hydrogen (secondary N) is 1. The molecule has 0 saturated heterocycles. The highest BCUT2D eigenvalue weighted by Gasteiger charge is 2.07. The minimum atomic E-state index is -0.286. The molecule has 1 amide bonds. The summed E-state index contributed by atoms with van der Waals surface area (Å²) in [4.78, 5) is 19.8. The maximum atomic E-state index is 11.9. The zero-order chi connectivity index (χ0) is 14.7. The zero-order valence-electron chi connectivity index (χ0n) is 11.4. The van der Waals surface area contributed by atoms with Crippen molar-refractivity contribution in [2.75, 3.05) is 5.32 Å². The van der Waals surface area contributed by atoms with Crippen molar-refractivity contribution in [3.05, 3.63) is 66.5 Å². The van der Waals surface area contributed by atoms with E-state index in [0.717, 1.165) is 11.4 Å². The molecule has 0 bridgehead atoms. The van der Waals surface area contributed by atoms with Crippen LogP contribution in [-0.4, -0.2) is 25.7 Å². The second-order valence-corrected chi connectivity index (χ2v) is 4.49. The van der Waals surface area contributed by atoms with E-state index in [2.05, 4.69) is 20.4 Å². The second kappa shape index (κ2) is 5.54. The number of carbonyl (C=O) groups is 1. The molecule has 0 aliphatic rings. The van der Waals surface area contributed by atoms with E-state index in [1.807, 2.05) is 43.5 Å². The Hall–Kier alpha value is -3.02. The Labute approximate surface area is 121 Å². The van der Waals surface area contributed by atoms with Crippen LogP contribution in [0.4, 0.5) is 5.69 Å². The first kappa shape index (κ1) is 13.0. The predicted octanol–water partition coefficient (Wildman–Crippen LogP) is 2.22. The fourth-order valence-electron chi connectivity index (χ4n) is 1.87. The van der Waals surface area contributed by atoms with E-state index < -0.39 is 0 Å². The Morgan fingerprint density at radius 1 is 1.14 bits per heavy atom. The molecule has 0 spiro atoms. The third kappa shape index (κ3) is 2.94. The number of aryl methyl sites for hydroxylation is 1. The van der Waals surface area contributed by atoms with E-state index in [-0.39, 0.29) is 11.6 Å². The lowest BCUT2D eigenvalue weighted by atomic mass is 10.2. The number of hydrogen-bond donors (Lipinski definition) is 1. The Kier molecular flexibility index (Phi) is 3.42. The molecule has 0 aliphatic carbocycles. The van der Waals surface area contributed by atoms with Gasteiger partial charge in [0, 0.05) is 24.3 Å². The van der Waals surface area contributed by atoms with Crippen molar-refractivity contribution in [2.45, 2.75) is 6.92 Å². The van der Waals surface area contributed by atoms with Gasteiger partial charge in [-0.05, 0) is 37.3 Å². The van der Waals surface area contributed by atoms with Crippen molar-refractivity contribution in [2.24, 2.45) is 0 Å². The van der Waals surface area contributed by atoms with Gasteiger partial charge in [0.05, 0.1) is 17.6 Å². The predicted molar refractivity (Wildman–Crippen MR) is 78.3 cm³/mol. The molecule has 2 aromatic heterocycles. The molecule has 3 aromatic rings. The summed E-state index contributed by atoms with van der Waals surface area (Å²) in [6.45, 7) is 1.94. The zero-order valence-corrected chi connectivity index (χ0v) is 11.4. The maximum absolute atomic E-state index is 11.9. The number of rotatable bonds is 3. The third-order valence-corrected chi connectivity index (χ3v) is 2.91. The average molecular weight is 279 g/mol. The highest BCUT2D eigenvalue weighted by Crippen LogP contribution is 2.13. The van der Waals surface area contributed by atoms with Gasteiger partial charge in [-0.15, -0.1) is 0 Å². The number of anilines is 1. The Balaban J connectivity index is 1.74. The summed E-state index contributed by atoms with van der Waals surface area (Å²) in [5.41, 5.74) is 2.86. The van der Waals surface area contributed by atoms with Crippen LogP contribution in [0.5, 0.6) is 0 Å². The lowest BCUT2D eigenvalue weighted by Crippen LogP contribution is -2.13. The van der Waals surface area contributed by atoms with Crippen LogP contribution in [0.25, 0.3) is 5.69 Å². The van der Waals surface area contributed by atoms with E-state index in [0.29, 0.717) is 5.69 Å². The second-order valence-electron chi connectivity index (χ2n) is 4.49. The molecular weight excluding hydrogens is 266 g/mol. The normalized spacial score (nSPS) is 10.3. The number of aromatic nitrogens is 4. The number of benzene rings is 1. The molecule has 0 radical (unpaired) electrons. The molecule has 3 rings (SSSR count). The number of nitrogens with zero attached hydrogens (tertiary/aromatic N) is 4. The van der Waals surface area contributed by atoms with Gasteiger partial charge >= 0.3 is 0 Å². The smallest absolute Gasteiger partial charge is 0.275 e. The summed E-state index contributed by atoms with van der Waals surface area (Å²) < 4.78 is 1.78. The van der Waals surface area contributed by atoms with Gasteiger partial charge in [0.2, 0.25) is 0 Å². The fraction of sp³-hybridized carbons (Fsp3) is 0.0667. The van der Waals surface area contributed by atoms with Crippen LogP contribution in [0.2, 0.25) is 0 Å². The number of carbonyl (C=O) groups excluding carboxylic acids is 1. The third-order valence-electron chi connectivity index (χ3n) is 2.91. The van der Waals surface area contributed by atoms with Crippen LogP contribution in [0.3, 0.4) is 0 Å². The van der Waals surface area contributed by atoms with Crippen molar-refractivity contribution in [1.29, 1.82) is 0 Å². The lowest BCUT2D eigenvalue weighted by molar-refractivity contribution is 0.102. The first-order chi connectivity index (χ1) is 10.2. The molecule has 1 aromatic carbocycles. The molecule has 0 atom stereocenters. The van der Waals surface area contributed by atoms with Crippen LogP contribution in [-0.2, 0) is 0 Å². The van der Waals surface area contributed by atoms with Gasteiger partial charge < -0.3 is 5.32 Å². The van der Waals surface area contributed by atoms with Crippen LogP contribution in [0.15, 0.2) is 55.1 Å². The first-order valence-corrected chi connectivity index (χ1v) is 6.42. The van der Waals surface area contributed by atoms with E-state index in [1.165, 1.54) is 18.6 Å². The van der Waals surface area contributed by atoms with Gasteiger partial charge in [0.1, 0.15) is 5.69 Å². The van der Waals surface area contributed by atoms with Crippen LogP contribution >= 0.6 is 0 Å². The quantitative estimate of drug-likeness (QED) is 0.798.